The molecule has 0 saturated heterocycles. The third kappa shape index (κ3) is 5.23. The van der Waals surface area contributed by atoms with E-state index in [9.17, 15) is 9.18 Å². The van der Waals surface area contributed by atoms with Crippen molar-refractivity contribution in [2.24, 2.45) is 0 Å². The number of anilines is 1. The Balaban J connectivity index is 1.65. The van der Waals surface area contributed by atoms with Gasteiger partial charge in [-0.2, -0.15) is 0 Å². The van der Waals surface area contributed by atoms with Crippen molar-refractivity contribution in [3.63, 3.8) is 0 Å². The summed E-state index contributed by atoms with van der Waals surface area (Å²) in [6.07, 6.45) is 3.71. The van der Waals surface area contributed by atoms with Crippen LogP contribution in [-0.2, 0) is 6.42 Å². The third-order valence-electron chi connectivity index (χ3n) is 5.11. The first-order valence-corrected chi connectivity index (χ1v) is 10.1. The number of carbonyl (C=O) groups is 1. The molecule has 0 aliphatic rings. The minimum Gasteiger partial charge on any atom is -0.481 e. The maximum absolute atomic E-state index is 14.5. The van der Waals surface area contributed by atoms with Gasteiger partial charge < -0.3 is 9.64 Å². The fourth-order valence-corrected chi connectivity index (χ4v) is 3.38. The van der Waals surface area contributed by atoms with Crippen molar-refractivity contribution in [1.29, 1.82) is 0 Å². The molecule has 0 amide bonds. The molecule has 5 heteroatoms. The molecular weight excluding hydrogens is 379 g/mol. The van der Waals surface area contributed by atoms with Gasteiger partial charge in [0.05, 0.1) is 12.8 Å². The first-order chi connectivity index (χ1) is 14.5. The van der Waals surface area contributed by atoms with E-state index in [1.807, 2.05) is 42.3 Å². The monoisotopic (exact) mass is 406 g/mol. The summed E-state index contributed by atoms with van der Waals surface area (Å²) in [7, 11) is 3.47. The van der Waals surface area contributed by atoms with Gasteiger partial charge in [-0.3, -0.25) is 4.79 Å². The van der Waals surface area contributed by atoms with Gasteiger partial charge in [-0.1, -0.05) is 43.3 Å². The predicted molar refractivity (Wildman–Crippen MR) is 119 cm³/mol. The highest BCUT2D eigenvalue weighted by molar-refractivity contribution is 5.96. The van der Waals surface area contributed by atoms with Crippen LogP contribution in [0, 0.1) is 5.82 Å². The highest BCUT2D eigenvalue weighted by Crippen LogP contribution is 2.26. The van der Waals surface area contributed by atoms with Gasteiger partial charge in [0.2, 0.25) is 5.88 Å². The third-order valence-corrected chi connectivity index (χ3v) is 5.11. The predicted octanol–water partition coefficient (Wildman–Crippen LogP) is 5.56. The van der Waals surface area contributed by atoms with E-state index in [0.717, 1.165) is 29.7 Å². The Bertz CT molecular complexity index is 985. The molecule has 2 aromatic carbocycles. The number of halogens is 1. The minimum absolute atomic E-state index is 0.0695. The number of aryl methyl sites for hydroxylation is 1. The second-order valence-corrected chi connectivity index (χ2v) is 7.30. The Labute approximate surface area is 177 Å². The summed E-state index contributed by atoms with van der Waals surface area (Å²) in [5.74, 6) is 0.388. The molecule has 3 rings (SSSR count). The van der Waals surface area contributed by atoms with Crippen LogP contribution < -0.4 is 9.64 Å². The summed E-state index contributed by atoms with van der Waals surface area (Å²) in [6.45, 7) is 2.87. The number of aromatic nitrogens is 1. The molecule has 0 bridgehead atoms. The van der Waals surface area contributed by atoms with Gasteiger partial charge in [0.25, 0.3) is 0 Å². The van der Waals surface area contributed by atoms with Crippen LogP contribution in [0.5, 0.6) is 5.88 Å². The van der Waals surface area contributed by atoms with E-state index in [0.29, 0.717) is 30.0 Å². The van der Waals surface area contributed by atoms with Crippen LogP contribution in [0.3, 0.4) is 0 Å². The standard InChI is InChI=1S/C25H27FN2O2/c1-4-15-28(2)23-12-11-21(16-22(23)26)19-7-9-20(10-8-19)24(29)13-5-18-6-14-25(30-3)27-17-18/h6-12,14,16-17H,4-5,13,15H2,1-3H3. The Morgan fingerprint density at radius 2 is 1.80 bits per heavy atom. The molecule has 0 fully saturated rings. The number of hydrogen-bond acceptors (Lipinski definition) is 4. The molecule has 4 nitrogen and oxygen atoms in total. The Morgan fingerprint density at radius 3 is 2.40 bits per heavy atom. The molecule has 0 atom stereocenters. The topological polar surface area (TPSA) is 42.4 Å². The van der Waals surface area contributed by atoms with Crippen molar-refractivity contribution in [1.82, 2.24) is 4.98 Å². The van der Waals surface area contributed by atoms with Crippen LogP contribution in [0.2, 0.25) is 0 Å². The smallest absolute Gasteiger partial charge is 0.212 e. The molecule has 156 valence electrons. The van der Waals surface area contributed by atoms with Crippen molar-refractivity contribution in [3.05, 3.63) is 77.7 Å². The first kappa shape index (κ1) is 21.5. The van der Waals surface area contributed by atoms with Gasteiger partial charge in [0.15, 0.2) is 5.78 Å². The van der Waals surface area contributed by atoms with Crippen LogP contribution >= 0.6 is 0 Å². The highest BCUT2D eigenvalue weighted by atomic mass is 19.1. The van der Waals surface area contributed by atoms with E-state index < -0.39 is 0 Å². The van der Waals surface area contributed by atoms with Crippen molar-refractivity contribution in [2.75, 3.05) is 25.6 Å². The van der Waals surface area contributed by atoms with Gasteiger partial charge in [-0.05, 0) is 41.7 Å². The van der Waals surface area contributed by atoms with Gasteiger partial charge in [-0.15, -0.1) is 0 Å². The molecule has 30 heavy (non-hydrogen) atoms. The van der Waals surface area contributed by atoms with Gasteiger partial charge in [-0.25, -0.2) is 9.37 Å². The largest absolute Gasteiger partial charge is 0.481 e. The molecule has 0 unspecified atom stereocenters. The number of carbonyl (C=O) groups excluding carboxylic acids is 1. The number of pyridine rings is 1. The Hall–Kier alpha value is -3.21. The van der Waals surface area contributed by atoms with E-state index in [-0.39, 0.29) is 11.6 Å². The van der Waals surface area contributed by atoms with E-state index >= 15 is 0 Å². The summed E-state index contributed by atoms with van der Waals surface area (Å²) in [5, 5.41) is 0. The zero-order valence-electron chi connectivity index (χ0n) is 17.7. The lowest BCUT2D eigenvalue weighted by Crippen LogP contribution is -2.18. The summed E-state index contributed by atoms with van der Waals surface area (Å²) >= 11 is 0. The van der Waals surface area contributed by atoms with Crippen LogP contribution in [-0.4, -0.2) is 31.5 Å². The Morgan fingerprint density at radius 1 is 1.07 bits per heavy atom. The normalized spacial score (nSPS) is 10.7. The molecule has 0 radical (unpaired) electrons. The van der Waals surface area contributed by atoms with Crippen LogP contribution in [0.4, 0.5) is 10.1 Å². The molecular formula is C25H27FN2O2. The molecule has 0 aliphatic carbocycles. The van der Waals surface area contributed by atoms with Crippen molar-refractivity contribution in [3.8, 4) is 17.0 Å². The number of benzene rings is 2. The maximum atomic E-state index is 14.5. The van der Waals surface area contributed by atoms with Gasteiger partial charge in [0, 0.05) is 37.8 Å². The van der Waals surface area contributed by atoms with Gasteiger partial charge >= 0.3 is 0 Å². The number of ether oxygens (including phenoxy) is 1. The molecule has 1 heterocycles. The average Bonchev–Trinajstić information content (AvgIpc) is 2.78. The zero-order chi connectivity index (χ0) is 21.5. The lowest BCUT2D eigenvalue weighted by Gasteiger charge is -2.19. The van der Waals surface area contributed by atoms with E-state index in [1.54, 1.807) is 37.6 Å². The van der Waals surface area contributed by atoms with Crippen LogP contribution in [0.1, 0.15) is 35.7 Å². The quantitative estimate of drug-likeness (QED) is 0.437. The molecule has 0 saturated carbocycles. The number of hydrogen-bond donors (Lipinski definition) is 0. The number of ketones is 1. The van der Waals surface area contributed by atoms with Crippen molar-refractivity contribution < 1.29 is 13.9 Å². The average molecular weight is 407 g/mol. The number of nitrogens with zero attached hydrogens (tertiary/aromatic N) is 2. The summed E-state index contributed by atoms with van der Waals surface area (Å²) in [6, 6.07) is 16.3. The van der Waals surface area contributed by atoms with Crippen molar-refractivity contribution in [2.45, 2.75) is 26.2 Å². The van der Waals surface area contributed by atoms with Crippen LogP contribution in [0.25, 0.3) is 11.1 Å². The van der Waals surface area contributed by atoms with E-state index in [4.69, 9.17) is 4.74 Å². The molecule has 3 aromatic rings. The number of rotatable bonds is 9. The lowest BCUT2D eigenvalue weighted by atomic mass is 9.99. The maximum Gasteiger partial charge on any atom is 0.212 e. The summed E-state index contributed by atoms with van der Waals surface area (Å²) in [5.41, 5.74) is 3.92. The van der Waals surface area contributed by atoms with Crippen molar-refractivity contribution >= 4 is 11.5 Å². The zero-order valence-corrected chi connectivity index (χ0v) is 17.7. The van der Waals surface area contributed by atoms with E-state index in [2.05, 4.69) is 11.9 Å². The molecule has 0 spiro atoms. The van der Waals surface area contributed by atoms with E-state index in [1.165, 1.54) is 0 Å². The minimum atomic E-state index is -0.239. The summed E-state index contributed by atoms with van der Waals surface area (Å²) in [4.78, 5) is 18.6. The molecule has 0 aliphatic heterocycles. The van der Waals surface area contributed by atoms with Crippen LogP contribution in [0.15, 0.2) is 60.8 Å². The Kier molecular flexibility index (Phi) is 7.17. The number of methoxy groups -OCH3 is 1. The second-order valence-electron chi connectivity index (χ2n) is 7.30. The fourth-order valence-electron chi connectivity index (χ4n) is 3.38. The SMILES string of the molecule is CCCN(C)c1ccc(-c2ccc(C(=O)CCc3ccc(OC)nc3)cc2)cc1F. The second kappa shape index (κ2) is 10.0. The fraction of sp³-hybridized carbons (Fsp3) is 0.280. The number of Topliss-reactive ketones (excluding diaryl/α,β-unsaturated/α-hetero) is 1. The molecule has 1 aromatic heterocycles. The van der Waals surface area contributed by atoms with Gasteiger partial charge in [0.1, 0.15) is 5.82 Å². The lowest BCUT2D eigenvalue weighted by molar-refractivity contribution is 0.0983. The first-order valence-electron chi connectivity index (χ1n) is 10.1. The molecule has 0 N–H and O–H groups in total. The summed E-state index contributed by atoms with van der Waals surface area (Å²) < 4.78 is 19.6. The highest BCUT2D eigenvalue weighted by Gasteiger charge is 2.11.